The van der Waals surface area contributed by atoms with Crippen molar-refractivity contribution in [1.29, 1.82) is 0 Å². The van der Waals surface area contributed by atoms with E-state index in [-0.39, 0.29) is 6.04 Å². The average molecular weight is 250 g/mol. The highest BCUT2D eigenvalue weighted by atomic mass is 16.2. The lowest BCUT2D eigenvalue weighted by Gasteiger charge is -2.44. The summed E-state index contributed by atoms with van der Waals surface area (Å²) in [6.45, 7) is 3.04. The number of likely N-dealkylation sites (tertiary alicyclic amines) is 1. The highest BCUT2D eigenvalue weighted by molar-refractivity contribution is 5.82. The van der Waals surface area contributed by atoms with E-state index in [0.717, 1.165) is 32.5 Å². The topological polar surface area (TPSA) is 32.3 Å². The van der Waals surface area contributed by atoms with Gasteiger partial charge in [0.1, 0.15) is 0 Å². The van der Waals surface area contributed by atoms with Crippen LogP contribution in [0.4, 0.5) is 0 Å². The van der Waals surface area contributed by atoms with E-state index >= 15 is 0 Å². The maximum atomic E-state index is 12.3. The number of carbonyl (C=O) groups excluding carboxylic acids is 1. The van der Waals surface area contributed by atoms with Crippen LogP contribution in [0.25, 0.3) is 0 Å². The Morgan fingerprint density at radius 1 is 1.00 bits per heavy atom. The first kappa shape index (κ1) is 12.5. The number of hydrogen-bond acceptors (Lipinski definition) is 2. The van der Waals surface area contributed by atoms with E-state index in [1.165, 1.54) is 44.9 Å². The number of hydrogen-bond donors (Lipinski definition) is 1. The van der Waals surface area contributed by atoms with Gasteiger partial charge in [-0.05, 0) is 50.5 Å². The lowest BCUT2D eigenvalue weighted by molar-refractivity contribution is -0.135. The minimum Gasteiger partial charge on any atom is -0.341 e. The molecule has 3 rings (SSSR count). The van der Waals surface area contributed by atoms with Crippen LogP contribution in [0.1, 0.15) is 57.8 Å². The van der Waals surface area contributed by atoms with Gasteiger partial charge in [0, 0.05) is 13.1 Å². The molecule has 0 bridgehead atoms. The number of rotatable bonds is 1. The molecule has 1 spiro atoms. The first-order valence-electron chi connectivity index (χ1n) is 7.81. The van der Waals surface area contributed by atoms with Crippen molar-refractivity contribution in [3.05, 3.63) is 0 Å². The van der Waals surface area contributed by atoms with Gasteiger partial charge in [0.05, 0.1) is 6.04 Å². The molecule has 0 aromatic heterocycles. The predicted octanol–water partition coefficient (Wildman–Crippen LogP) is 2.31. The third kappa shape index (κ3) is 2.42. The van der Waals surface area contributed by atoms with Crippen LogP contribution >= 0.6 is 0 Å². The molecule has 0 aromatic carbocycles. The van der Waals surface area contributed by atoms with E-state index in [9.17, 15) is 4.79 Å². The lowest BCUT2D eigenvalue weighted by Crippen LogP contribution is -2.49. The summed E-state index contributed by atoms with van der Waals surface area (Å²) in [7, 11) is 0. The Morgan fingerprint density at radius 2 is 1.72 bits per heavy atom. The van der Waals surface area contributed by atoms with Crippen molar-refractivity contribution < 1.29 is 4.79 Å². The van der Waals surface area contributed by atoms with E-state index in [1.807, 2.05) is 0 Å². The van der Waals surface area contributed by atoms with Crippen molar-refractivity contribution in [2.45, 2.75) is 63.8 Å². The molecule has 0 unspecified atom stereocenters. The van der Waals surface area contributed by atoms with Crippen LogP contribution in [0.5, 0.6) is 0 Å². The molecule has 2 aliphatic heterocycles. The van der Waals surface area contributed by atoms with Gasteiger partial charge in [-0.3, -0.25) is 4.79 Å². The van der Waals surface area contributed by atoms with Crippen LogP contribution in [0, 0.1) is 5.41 Å². The van der Waals surface area contributed by atoms with Gasteiger partial charge in [-0.25, -0.2) is 0 Å². The number of nitrogens with one attached hydrogen (secondary N) is 1. The summed E-state index contributed by atoms with van der Waals surface area (Å²) in [5.74, 6) is 0.373. The molecule has 1 amide bonds. The molecule has 2 heterocycles. The van der Waals surface area contributed by atoms with Crippen LogP contribution in [-0.2, 0) is 4.79 Å². The molecule has 3 heteroatoms. The maximum absolute atomic E-state index is 12.3. The van der Waals surface area contributed by atoms with Gasteiger partial charge in [-0.1, -0.05) is 19.3 Å². The molecule has 0 radical (unpaired) electrons. The summed E-state index contributed by atoms with van der Waals surface area (Å²) in [5.41, 5.74) is 0.609. The number of amides is 1. The Hall–Kier alpha value is -0.570. The molecule has 0 aromatic rings. The van der Waals surface area contributed by atoms with Gasteiger partial charge in [-0.2, -0.15) is 0 Å². The Balaban J connectivity index is 1.54. The second kappa shape index (κ2) is 5.20. The lowest BCUT2D eigenvalue weighted by atomic mass is 9.68. The quantitative estimate of drug-likeness (QED) is 0.774. The molecule has 2 saturated heterocycles. The largest absolute Gasteiger partial charge is 0.341 e. The molecule has 1 aliphatic carbocycles. The molecule has 3 fully saturated rings. The molecular formula is C15H26N2O. The second-order valence-corrected chi connectivity index (χ2v) is 6.53. The van der Waals surface area contributed by atoms with Crippen molar-refractivity contribution in [1.82, 2.24) is 10.2 Å². The van der Waals surface area contributed by atoms with E-state index in [0.29, 0.717) is 11.3 Å². The zero-order chi connectivity index (χ0) is 12.4. The highest BCUT2D eigenvalue weighted by Gasteiger charge is 2.38. The molecular weight excluding hydrogens is 224 g/mol. The van der Waals surface area contributed by atoms with Crippen molar-refractivity contribution in [3.63, 3.8) is 0 Å². The third-order valence-corrected chi connectivity index (χ3v) is 5.41. The van der Waals surface area contributed by atoms with Gasteiger partial charge >= 0.3 is 0 Å². The van der Waals surface area contributed by atoms with E-state index < -0.39 is 0 Å². The standard InChI is InChI=1S/C15H26N2O/c18-14(13-5-4-10-16-13)17-11-8-15(9-12-17)6-2-1-3-7-15/h13,16H,1-12H2/t13-/m1/s1. The van der Waals surface area contributed by atoms with Crippen molar-refractivity contribution in [3.8, 4) is 0 Å². The van der Waals surface area contributed by atoms with E-state index in [4.69, 9.17) is 0 Å². The zero-order valence-electron chi connectivity index (χ0n) is 11.4. The van der Waals surface area contributed by atoms with Crippen molar-refractivity contribution >= 4 is 5.91 Å². The maximum Gasteiger partial charge on any atom is 0.239 e. The number of carbonyl (C=O) groups is 1. The molecule has 18 heavy (non-hydrogen) atoms. The molecule has 3 aliphatic rings. The Labute approximate surface area is 110 Å². The summed E-state index contributed by atoms with van der Waals surface area (Å²) in [6, 6.07) is 0.130. The second-order valence-electron chi connectivity index (χ2n) is 6.53. The summed E-state index contributed by atoms with van der Waals surface area (Å²) in [6.07, 6.45) is 11.8. The fourth-order valence-electron chi connectivity index (χ4n) is 4.12. The fourth-order valence-corrected chi connectivity index (χ4v) is 4.12. The van der Waals surface area contributed by atoms with Crippen LogP contribution in [0.3, 0.4) is 0 Å². The fraction of sp³-hybridized carbons (Fsp3) is 0.933. The van der Waals surface area contributed by atoms with Crippen LogP contribution in [0.2, 0.25) is 0 Å². The Bertz CT molecular complexity index is 294. The third-order valence-electron chi connectivity index (χ3n) is 5.41. The Morgan fingerprint density at radius 3 is 2.33 bits per heavy atom. The number of piperidine rings is 1. The molecule has 1 saturated carbocycles. The van der Waals surface area contributed by atoms with Gasteiger partial charge in [-0.15, -0.1) is 0 Å². The first-order chi connectivity index (χ1) is 8.79. The summed E-state index contributed by atoms with van der Waals surface area (Å²) in [4.78, 5) is 14.5. The smallest absolute Gasteiger partial charge is 0.239 e. The van der Waals surface area contributed by atoms with Crippen molar-refractivity contribution in [2.75, 3.05) is 19.6 Å². The molecule has 1 atom stereocenters. The summed E-state index contributed by atoms with van der Waals surface area (Å²) < 4.78 is 0. The van der Waals surface area contributed by atoms with Gasteiger partial charge < -0.3 is 10.2 Å². The first-order valence-corrected chi connectivity index (χ1v) is 7.81. The minimum atomic E-state index is 0.130. The van der Waals surface area contributed by atoms with Crippen LogP contribution < -0.4 is 5.32 Å². The summed E-state index contributed by atoms with van der Waals surface area (Å²) >= 11 is 0. The zero-order valence-corrected chi connectivity index (χ0v) is 11.4. The van der Waals surface area contributed by atoms with E-state index in [1.54, 1.807) is 0 Å². The predicted molar refractivity (Wildman–Crippen MR) is 72.4 cm³/mol. The minimum absolute atomic E-state index is 0.130. The van der Waals surface area contributed by atoms with Gasteiger partial charge in [0.15, 0.2) is 0 Å². The molecule has 1 N–H and O–H groups in total. The molecule has 3 nitrogen and oxygen atoms in total. The molecule has 102 valence electrons. The van der Waals surface area contributed by atoms with Crippen LogP contribution in [-0.4, -0.2) is 36.5 Å². The van der Waals surface area contributed by atoms with Crippen LogP contribution in [0.15, 0.2) is 0 Å². The van der Waals surface area contributed by atoms with Crippen molar-refractivity contribution in [2.24, 2.45) is 5.41 Å². The normalized spacial score (nSPS) is 31.8. The van der Waals surface area contributed by atoms with Gasteiger partial charge in [0.25, 0.3) is 0 Å². The highest BCUT2D eigenvalue weighted by Crippen LogP contribution is 2.44. The average Bonchev–Trinajstić information content (AvgIpc) is 2.94. The summed E-state index contributed by atoms with van der Waals surface area (Å²) in [5, 5.41) is 3.33. The van der Waals surface area contributed by atoms with Gasteiger partial charge in [0.2, 0.25) is 5.91 Å². The Kier molecular flexibility index (Phi) is 3.60. The monoisotopic (exact) mass is 250 g/mol. The van der Waals surface area contributed by atoms with E-state index in [2.05, 4.69) is 10.2 Å². The number of nitrogens with zero attached hydrogens (tertiary/aromatic N) is 1. The SMILES string of the molecule is O=C([C@H]1CCCN1)N1CCC2(CCCCC2)CC1.